The minimum absolute atomic E-state index is 0.510. The molecule has 0 saturated heterocycles. The van der Waals surface area contributed by atoms with Crippen LogP contribution in [-0.4, -0.2) is 0 Å². The van der Waals surface area contributed by atoms with E-state index in [-0.39, 0.29) is 0 Å². The van der Waals surface area contributed by atoms with E-state index in [1.165, 1.54) is 89.0 Å². The molecular weight excluding hydrogens is 736 g/mol. The molecule has 242 valence electrons. The van der Waals surface area contributed by atoms with Gasteiger partial charge in [0.1, 0.15) is 0 Å². The molecule has 9 rings (SSSR count). The number of fused-ring (bicyclic) bond motifs is 6. The molecule has 2 heteroatoms. The average molecular weight is 773 g/mol. The highest BCUT2D eigenvalue weighted by molar-refractivity contribution is 9.10. The average Bonchev–Trinajstić information content (AvgIpc) is 3.55. The summed E-state index contributed by atoms with van der Waals surface area (Å²) in [5.41, 5.74) is 19.7. The molecule has 2 aliphatic rings. The lowest BCUT2D eigenvalue weighted by molar-refractivity contribution is 0.738. The molecule has 0 fully saturated rings. The van der Waals surface area contributed by atoms with Crippen molar-refractivity contribution in [3.63, 3.8) is 0 Å². The third-order valence-electron chi connectivity index (χ3n) is 11.2. The van der Waals surface area contributed by atoms with Crippen LogP contribution in [0.2, 0.25) is 0 Å². The van der Waals surface area contributed by atoms with Crippen LogP contribution >= 0.6 is 31.9 Å². The molecule has 0 aromatic heterocycles. The maximum absolute atomic E-state index is 3.75. The van der Waals surface area contributed by atoms with E-state index in [1.807, 2.05) is 0 Å². The quantitative estimate of drug-likeness (QED) is 0.167. The Hall–Kier alpha value is -4.50. The van der Waals surface area contributed by atoms with E-state index in [0.29, 0.717) is 0 Å². The smallest absolute Gasteiger partial charge is 0.0616 e. The summed E-state index contributed by atoms with van der Waals surface area (Å²) in [6.07, 6.45) is 0. The van der Waals surface area contributed by atoms with E-state index < -0.39 is 10.8 Å². The monoisotopic (exact) mass is 770 g/mol. The van der Waals surface area contributed by atoms with E-state index in [0.717, 1.165) is 8.95 Å². The second kappa shape index (κ2) is 11.5. The van der Waals surface area contributed by atoms with Gasteiger partial charge in [-0.2, -0.15) is 0 Å². The lowest BCUT2D eigenvalue weighted by atomic mass is 9.63. The van der Waals surface area contributed by atoms with Crippen molar-refractivity contribution in [3.8, 4) is 22.3 Å². The first-order valence-corrected chi connectivity index (χ1v) is 18.9. The minimum atomic E-state index is -0.510. The Morgan fingerprint density at radius 2 is 0.620 bits per heavy atom. The van der Waals surface area contributed by atoms with E-state index in [9.17, 15) is 0 Å². The van der Waals surface area contributed by atoms with Crippen molar-refractivity contribution >= 4 is 31.9 Å². The van der Waals surface area contributed by atoms with Crippen LogP contribution in [0.3, 0.4) is 0 Å². The van der Waals surface area contributed by atoms with E-state index in [2.05, 4.69) is 205 Å². The highest BCUT2D eigenvalue weighted by Gasteiger charge is 2.49. The van der Waals surface area contributed by atoms with Crippen molar-refractivity contribution < 1.29 is 0 Å². The van der Waals surface area contributed by atoms with E-state index in [4.69, 9.17) is 0 Å². The molecule has 0 amide bonds. The van der Waals surface area contributed by atoms with Crippen LogP contribution in [0.15, 0.2) is 155 Å². The molecular formula is C48H36Br2. The maximum atomic E-state index is 3.75. The molecule has 7 aromatic rings. The first kappa shape index (κ1) is 31.5. The van der Waals surface area contributed by atoms with Crippen molar-refractivity contribution in [2.24, 2.45) is 0 Å². The Labute approximate surface area is 312 Å². The number of hydrogen-bond acceptors (Lipinski definition) is 0. The largest absolute Gasteiger partial charge is 0.0713 e. The number of halogens is 2. The Kier molecular flexibility index (Phi) is 7.25. The van der Waals surface area contributed by atoms with Crippen molar-refractivity contribution in [2.45, 2.75) is 38.5 Å². The summed E-state index contributed by atoms with van der Waals surface area (Å²) >= 11 is 7.50. The van der Waals surface area contributed by atoms with Gasteiger partial charge in [0.25, 0.3) is 0 Å². The predicted octanol–water partition coefficient (Wildman–Crippen LogP) is 13.2. The van der Waals surface area contributed by atoms with Gasteiger partial charge >= 0.3 is 0 Å². The molecule has 0 nitrogen and oxygen atoms in total. The Morgan fingerprint density at radius 3 is 0.920 bits per heavy atom. The number of hydrogen-bond donors (Lipinski definition) is 0. The van der Waals surface area contributed by atoms with Crippen LogP contribution < -0.4 is 0 Å². The molecule has 0 radical (unpaired) electrons. The molecule has 0 heterocycles. The molecule has 0 spiro atoms. The highest BCUT2D eigenvalue weighted by Crippen LogP contribution is 2.60. The summed E-state index contributed by atoms with van der Waals surface area (Å²) in [5.74, 6) is 0. The fraction of sp³-hybridized carbons (Fsp3) is 0.125. The van der Waals surface area contributed by atoms with Gasteiger partial charge in [-0.05, 0) is 119 Å². The van der Waals surface area contributed by atoms with Gasteiger partial charge < -0.3 is 0 Å². The Bertz CT molecular complexity index is 2210. The third kappa shape index (κ3) is 4.41. The molecule has 0 N–H and O–H groups in total. The lowest BCUT2D eigenvalue weighted by Crippen LogP contribution is -2.32. The zero-order chi connectivity index (χ0) is 34.4. The van der Waals surface area contributed by atoms with Gasteiger partial charge in [0.15, 0.2) is 0 Å². The summed E-state index contributed by atoms with van der Waals surface area (Å²) in [6, 6.07) is 55.7. The van der Waals surface area contributed by atoms with Crippen LogP contribution in [0, 0.1) is 27.7 Å². The topological polar surface area (TPSA) is 0 Å². The molecule has 2 aliphatic carbocycles. The van der Waals surface area contributed by atoms with E-state index >= 15 is 0 Å². The fourth-order valence-electron chi connectivity index (χ4n) is 9.07. The summed E-state index contributed by atoms with van der Waals surface area (Å²) < 4.78 is 2.16. The Morgan fingerprint density at radius 1 is 0.320 bits per heavy atom. The van der Waals surface area contributed by atoms with Crippen LogP contribution in [0.1, 0.15) is 66.8 Å². The van der Waals surface area contributed by atoms with Gasteiger partial charge in [-0.1, -0.05) is 175 Å². The summed E-state index contributed by atoms with van der Waals surface area (Å²) in [6.45, 7) is 8.88. The standard InChI is InChI=1S/C48H36Br2/c1-29-8-20-39-40-21-9-30(2)25-44(40)47(43(39)24-29,33-12-16-37(49)17-13-33)35-6-5-7-36(28-35)48(34-14-18-38(50)19-15-34)45-26-31(3)10-22-41(45)42-23-11-32(4)27-46(42)48/h5-28H,1-4H3. The van der Waals surface area contributed by atoms with Gasteiger partial charge in [0.2, 0.25) is 0 Å². The summed E-state index contributed by atoms with van der Waals surface area (Å²) in [4.78, 5) is 0. The van der Waals surface area contributed by atoms with Crippen LogP contribution in [-0.2, 0) is 10.8 Å². The number of aryl methyl sites for hydroxylation is 4. The zero-order valence-corrected chi connectivity index (χ0v) is 31.8. The number of rotatable bonds is 4. The summed E-state index contributed by atoms with van der Waals surface area (Å²) in [5, 5.41) is 0. The van der Waals surface area contributed by atoms with Crippen LogP contribution in [0.25, 0.3) is 22.3 Å². The van der Waals surface area contributed by atoms with Crippen molar-refractivity contribution in [1.29, 1.82) is 0 Å². The molecule has 0 aliphatic heterocycles. The number of benzene rings is 7. The van der Waals surface area contributed by atoms with Gasteiger partial charge in [-0.15, -0.1) is 0 Å². The SMILES string of the molecule is Cc1ccc2c(c1)C(c1ccc(Br)cc1)(c1cccc(C3(c4ccc(Br)cc4)c4cc(C)ccc4-c4ccc(C)cc43)c1)c1cc(C)ccc1-2. The molecule has 0 saturated carbocycles. The van der Waals surface area contributed by atoms with Crippen LogP contribution in [0.5, 0.6) is 0 Å². The van der Waals surface area contributed by atoms with Crippen molar-refractivity contribution in [3.05, 3.63) is 221 Å². The first-order chi connectivity index (χ1) is 24.2. The first-order valence-electron chi connectivity index (χ1n) is 17.3. The van der Waals surface area contributed by atoms with Gasteiger partial charge in [0.05, 0.1) is 10.8 Å². The molecule has 7 aromatic carbocycles. The Balaban J connectivity index is 1.43. The minimum Gasteiger partial charge on any atom is -0.0616 e. The van der Waals surface area contributed by atoms with Crippen molar-refractivity contribution in [2.75, 3.05) is 0 Å². The molecule has 0 unspecified atom stereocenters. The second-order valence-electron chi connectivity index (χ2n) is 14.3. The van der Waals surface area contributed by atoms with Gasteiger partial charge in [-0.3, -0.25) is 0 Å². The van der Waals surface area contributed by atoms with Gasteiger partial charge in [-0.25, -0.2) is 0 Å². The molecule has 0 bridgehead atoms. The zero-order valence-electron chi connectivity index (χ0n) is 28.6. The van der Waals surface area contributed by atoms with Gasteiger partial charge in [0, 0.05) is 8.95 Å². The highest BCUT2D eigenvalue weighted by atomic mass is 79.9. The third-order valence-corrected chi connectivity index (χ3v) is 12.2. The predicted molar refractivity (Wildman–Crippen MR) is 215 cm³/mol. The summed E-state index contributed by atoms with van der Waals surface area (Å²) in [7, 11) is 0. The van der Waals surface area contributed by atoms with Crippen molar-refractivity contribution in [1.82, 2.24) is 0 Å². The van der Waals surface area contributed by atoms with E-state index in [1.54, 1.807) is 0 Å². The maximum Gasteiger partial charge on any atom is 0.0713 e. The molecule has 0 atom stereocenters. The lowest BCUT2D eigenvalue weighted by Gasteiger charge is -2.38. The van der Waals surface area contributed by atoms with Crippen LogP contribution in [0.4, 0.5) is 0 Å². The molecule has 50 heavy (non-hydrogen) atoms. The second-order valence-corrected chi connectivity index (χ2v) is 16.1. The normalized spacial score (nSPS) is 14.5. The fourth-order valence-corrected chi connectivity index (χ4v) is 9.59.